The van der Waals surface area contributed by atoms with Crippen LogP contribution in [0.3, 0.4) is 0 Å². The number of anilines is 3. The summed E-state index contributed by atoms with van der Waals surface area (Å²) in [7, 11) is 0. The van der Waals surface area contributed by atoms with Gasteiger partial charge in [0.2, 0.25) is 0 Å². The van der Waals surface area contributed by atoms with Crippen LogP contribution in [0.5, 0.6) is 0 Å². The molecule has 0 N–H and O–H groups in total. The molecule has 0 radical (unpaired) electrons. The van der Waals surface area contributed by atoms with Crippen molar-refractivity contribution in [3.05, 3.63) is 176 Å². The molecular formula is C48H29NS3. The largest absolute Gasteiger partial charge is 0.310 e. The van der Waals surface area contributed by atoms with Crippen molar-refractivity contribution in [2.45, 2.75) is 0 Å². The third-order valence-electron chi connectivity index (χ3n) is 10.3. The van der Waals surface area contributed by atoms with Crippen LogP contribution in [-0.2, 0) is 0 Å². The molecule has 0 aliphatic rings. The summed E-state index contributed by atoms with van der Waals surface area (Å²) in [5.41, 5.74) is 8.37. The molecule has 1 nitrogen and oxygen atoms in total. The summed E-state index contributed by atoms with van der Waals surface area (Å²) in [6.07, 6.45) is 0. The number of thiophene rings is 3. The third-order valence-corrected chi connectivity index (χ3v) is 13.8. The Balaban J connectivity index is 1.02. The number of hydrogen-bond donors (Lipinski definition) is 0. The van der Waals surface area contributed by atoms with E-state index in [1.165, 1.54) is 82.8 Å². The van der Waals surface area contributed by atoms with E-state index in [9.17, 15) is 0 Å². The second kappa shape index (κ2) is 11.9. The minimum atomic E-state index is 1.13. The van der Waals surface area contributed by atoms with Crippen LogP contribution in [0.15, 0.2) is 176 Å². The van der Waals surface area contributed by atoms with E-state index in [0.29, 0.717) is 0 Å². The predicted octanol–water partition coefficient (Wildman–Crippen LogP) is 15.6. The Morgan fingerprint density at radius 2 is 0.788 bits per heavy atom. The molecule has 0 amide bonds. The van der Waals surface area contributed by atoms with Gasteiger partial charge in [0.1, 0.15) is 0 Å². The minimum absolute atomic E-state index is 1.13. The Hall–Kier alpha value is -5.78. The quantitative estimate of drug-likeness (QED) is 0.171. The molecule has 3 heterocycles. The molecule has 0 aliphatic carbocycles. The highest BCUT2D eigenvalue weighted by molar-refractivity contribution is 7.26. The van der Waals surface area contributed by atoms with Crippen LogP contribution in [-0.4, -0.2) is 0 Å². The average Bonchev–Trinajstić information content (AvgIpc) is 3.89. The maximum Gasteiger partial charge on any atom is 0.0476 e. The van der Waals surface area contributed by atoms with Gasteiger partial charge in [0.05, 0.1) is 0 Å². The van der Waals surface area contributed by atoms with Crippen LogP contribution < -0.4 is 4.90 Å². The van der Waals surface area contributed by atoms with Gasteiger partial charge in [-0.1, -0.05) is 109 Å². The molecule has 3 aromatic heterocycles. The Morgan fingerprint density at radius 1 is 0.288 bits per heavy atom. The normalized spacial score (nSPS) is 11.8. The Bertz CT molecular complexity index is 3130. The number of hydrogen-bond acceptors (Lipinski definition) is 4. The number of fused-ring (bicyclic) bond motifs is 9. The Kier molecular flexibility index (Phi) is 6.84. The molecule has 0 bridgehead atoms. The monoisotopic (exact) mass is 715 g/mol. The topological polar surface area (TPSA) is 3.24 Å². The molecule has 0 spiro atoms. The predicted molar refractivity (Wildman–Crippen MR) is 231 cm³/mol. The number of rotatable bonds is 5. The fourth-order valence-corrected chi connectivity index (χ4v) is 11.2. The average molecular weight is 716 g/mol. The van der Waals surface area contributed by atoms with E-state index >= 15 is 0 Å². The van der Waals surface area contributed by atoms with Crippen molar-refractivity contribution in [3.63, 3.8) is 0 Å². The van der Waals surface area contributed by atoms with E-state index in [4.69, 9.17) is 0 Å². The van der Waals surface area contributed by atoms with Crippen LogP contribution >= 0.6 is 34.0 Å². The molecule has 11 aromatic rings. The lowest BCUT2D eigenvalue weighted by molar-refractivity contribution is 1.29. The fourth-order valence-electron chi connectivity index (χ4n) is 7.77. The summed E-state index contributed by atoms with van der Waals surface area (Å²) in [6.45, 7) is 0. The summed E-state index contributed by atoms with van der Waals surface area (Å²) in [5.74, 6) is 0. The van der Waals surface area contributed by atoms with E-state index in [0.717, 1.165) is 17.1 Å². The summed E-state index contributed by atoms with van der Waals surface area (Å²) in [6, 6.07) is 64.9. The van der Waals surface area contributed by atoms with E-state index in [-0.39, 0.29) is 0 Å². The lowest BCUT2D eigenvalue weighted by Gasteiger charge is -2.26. The summed E-state index contributed by atoms with van der Waals surface area (Å²) >= 11 is 5.61. The van der Waals surface area contributed by atoms with Gasteiger partial charge < -0.3 is 4.90 Å². The number of nitrogens with zero attached hydrogens (tertiary/aromatic N) is 1. The van der Waals surface area contributed by atoms with Gasteiger partial charge in [0.15, 0.2) is 0 Å². The highest BCUT2D eigenvalue weighted by atomic mass is 32.1. The van der Waals surface area contributed by atoms with Crippen LogP contribution in [0.25, 0.3) is 82.8 Å². The fraction of sp³-hybridized carbons (Fsp3) is 0. The van der Waals surface area contributed by atoms with Gasteiger partial charge in [0.25, 0.3) is 0 Å². The third kappa shape index (κ3) is 4.80. The molecule has 52 heavy (non-hydrogen) atoms. The highest BCUT2D eigenvalue weighted by Gasteiger charge is 2.17. The van der Waals surface area contributed by atoms with Crippen LogP contribution in [0.4, 0.5) is 17.1 Å². The van der Waals surface area contributed by atoms with E-state index in [1.54, 1.807) is 0 Å². The van der Waals surface area contributed by atoms with Gasteiger partial charge in [-0.2, -0.15) is 0 Å². The zero-order valence-electron chi connectivity index (χ0n) is 27.9. The van der Waals surface area contributed by atoms with E-state index in [2.05, 4.69) is 181 Å². The summed E-state index contributed by atoms with van der Waals surface area (Å²) in [4.78, 5) is 2.40. The van der Waals surface area contributed by atoms with Crippen molar-refractivity contribution in [1.82, 2.24) is 0 Å². The van der Waals surface area contributed by atoms with Gasteiger partial charge in [-0.05, 0) is 89.0 Å². The first-order valence-corrected chi connectivity index (χ1v) is 19.9. The minimum Gasteiger partial charge on any atom is -0.310 e. The Morgan fingerprint density at radius 3 is 1.50 bits per heavy atom. The van der Waals surface area contributed by atoms with Crippen molar-refractivity contribution < 1.29 is 0 Å². The molecule has 4 heteroatoms. The van der Waals surface area contributed by atoms with Crippen molar-refractivity contribution in [1.29, 1.82) is 0 Å². The second-order valence-electron chi connectivity index (χ2n) is 13.3. The zero-order chi connectivity index (χ0) is 34.2. The molecule has 0 unspecified atom stereocenters. The summed E-state index contributed by atoms with van der Waals surface area (Å²) < 4.78 is 7.95. The maximum absolute atomic E-state index is 2.40. The first-order chi connectivity index (χ1) is 25.7. The lowest BCUT2D eigenvalue weighted by atomic mass is 10.0. The molecule has 0 aliphatic heterocycles. The molecule has 0 saturated heterocycles. The Labute approximate surface area is 312 Å². The summed E-state index contributed by atoms with van der Waals surface area (Å²) in [5, 5.41) is 7.94. The SMILES string of the molecule is c1ccc2c(c1)sc1cc(N(c3ccc(-c4ccc5sc6ccccc6c5c4)cc3)c3ccc(-c4cccc5c4sc4ccccc45)cc3)ccc12. The van der Waals surface area contributed by atoms with Gasteiger partial charge in [-0.15, -0.1) is 34.0 Å². The molecule has 11 rings (SSSR count). The van der Waals surface area contributed by atoms with Gasteiger partial charge in [-0.25, -0.2) is 0 Å². The maximum atomic E-state index is 2.40. The molecule has 0 saturated carbocycles. The molecule has 0 atom stereocenters. The van der Waals surface area contributed by atoms with Crippen LogP contribution in [0, 0.1) is 0 Å². The highest BCUT2D eigenvalue weighted by Crippen LogP contribution is 2.44. The lowest BCUT2D eigenvalue weighted by Crippen LogP contribution is -2.09. The van der Waals surface area contributed by atoms with Gasteiger partial charge >= 0.3 is 0 Å². The second-order valence-corrected chi connectivity index (χ2v) is 16.5. The standard InChI is InChI=1S/C48H29NS3/c1-4-13-43-37(8-1)40-26-25-35(29-47(40)51-43)49(33-21-16-30(17-22-33)32-20-27-46-42(28-32)39-10-3-5-14-44(39)50-46)34-23-18-31(19-24-34)36-11-7-12-41-38-9-2-6-15-45(38)52-48(36)41/h1-29H. The van der Waals surface area contributed by atoms with Crippen molar-refractivity contribution in [3.8, 4) is 22.3 Å². The van der Waals surface area contributed by atoms with Crippen LogP contribution in [0.2, 0.25) is 0 Å². The molecule has 0 fully saturated rings. The molecular weight excluding hydrogens is 687 g/mol. The van der Waals surface area contributed by atoms with Crippen LogP contribution in [0.1, 0.15) is 0 Å². The number of benzene rings is 8. The first-order valence-electron chi connectivity index (χ1n) is 17.5. The van der Waals surface area contributed by atoms with Crippen molar-refractivity contribution in [2.75, 3.05) is 4.90 Å². The molecule has 8 aromatic carbocycles. The smallest absolute Gasteiger partial charge is 0.0476 e. The van der Waals surface area contributed by atoms with Gasteiger partial charge in [-0.3, -0.25) is 0 Å². The van der Waals surface area contributed by atoms with Crippen molar-refractivity contribution in [2.24, 2.45) is 0 Å². The van der Waals surface area contributed by atoms with Crippen molar-refractivity contribution >= 4 is 112 Å². The van der Waals surface area contributed by atoms with Gasteiger partial charge in [0, 0.05) is 77.6 Å². The zero-order valence-corrected chi connectivity index (χ0v) is 30.4. The van der Waals surface area contributed by atoms with E-state index in [1.807, 2.05) is 34.0 Å². The van der Waals surface area contributed by atoms with E-state index < -0.39 is 0 Å². The molecule has 244 valence electrons. The first kappa shape index (κ1) is 29.9.